The number of para-hydroxylation sites is 1. The standard InChI is InChI=1S/C15H17ClN2O2S/c1-15(2,3)14-18-11(8-21-14)12(13(19)20)17-10-7-5-4-6-9(10)16/h4-8,12,17H,1-3H3,(H,19,20). The van der Waals surface area contributed by atoms with E-state index in [0.717, 1.165) is 5.01 Å². The van der Waals surface area contributed by atoms with E-state index in [2.05, 4.69) is 10.3 Å². The first-order valence-corrected chi connectivity index (χ1v) is 7.74. The third kappa shape index (κ3) is 3.74. The summed E-state index contributed by atoms with van der Waals surface area (Å²) >= 11 is 7.53. The van der Waals surface area contributed by atoms with Crippen LogP contribution >= 0.6 is 22.9 Å². The number of nitrogens with zero attached hydrogens (tertiary/aromatic N) is 1. The highest BCUT2D eigenvalue weighted by Gasteiger charge is 2.26. The highest BCUT2D eigenvalue weighted by atomic mass is 35.5. The van der Waals surface area contributed by atoms with Crippen LogP contribution in [0.2, 0.25) is 5.02 Å². The van der Waals surface area contributed by atoms with Crippen LogP contribution < -0.4 is 5.32 Å². The summed E-state index contributed by atoms with van der Waals surface area (Å²) < 4.78 is 0. The van der Waals surface area contributed by atoms with Crippen molar-refractivity contribution in [1.82, 2.24) is 4.98 Å². The quantitative estimate of drug-likeness (QED) is 0.878. The Morgan fingerprint density at radius 2 is 2.05 bits per heavy atom. The maximum absolute atomic E-state index is 11.5. The molecule has 1 unspecified atom stereocenters. The minimum atomic E-state index is -0.985. The van der Waals surface area contributed by atoms with Gasteiger partial charge in [-0.15, -0.1) is 11.3 Å². The summed E-state index contributed by atoms with van der Waals surface area (Å²) in [6.45, 7) is 6.15. The molecule has 0 aliphatic carbocycles. The van der Waals surface area contributed by atoms with Crippen LogP contribution in [-0.2, 0) is 10.2 Å². The van der Waals surface area contributed by atoms with E-state index in [0.29, 0.717) is 16.4 Å². The molecule has 2 N–H and O–H groups in total. The van der Waals surface area contributed by atoms with Gasteiger partial charge in [-0.2, -0.15) is 0 Å². The Balaban J connectivity index is 2.30. The van der Waals surface area contributed by atoms with Gasteiger partial charge in [-0.25, -0.2) is 9.78 Å². The molecule has 6 heteroatoms. The Bertz CT molecular complexity index is 649. The number of hydrogen-bond donors (Lipinski definition) is 2. The molecular weight excluding hydrogens is 308 g/mol. The second-order valence-corrected chi connectivity index (χ2v) is 6.99. The topological polar surface area (TPSA) is 62.2 Å². The number of carboxylic acid groups (broad SMARTS) is 1. The van der Waals surface area contributed by atoms with Crippen molar-refractivity contribution in [3.63, 3.8) is 0 Å². The molecule has 0 aliphatic rings. The van der Waals surface area contributed by atoms with Crippen LogP contribution in [0, 0.1) is 0 Å². The molecule has 4 nitrogen and oxygen atoms in total. The predicted octanol–water partition coefficient (Wildman–Crippen LogP) is 4.33. The number of carbonyl (C=O) groups is 1. The van der Waals surface area contributed by atoms with Crippen molar-refractivity contribution in [2.45, 2.75) is 32.2 Å². The number of benzene rings is 1. The second-order valence-electron chi connectivity index (χ2n) is 5.72. The van der Waals surface area contributed by atoms with E-state index in [1.165, 1.54) is 11.3 Å². The summed E-state index contributed by atoms with van der Waals surface area (Å²) in [7, 11) is 0. The lowest BCUT2D eigenvalue weighted by molar-refractivity contribution is -0.138. The summed E-state index contributed by atoms with van der Waals surface area (Å²) in [4.78, 5) is 16.0. The molecule has 2 rings (SSSR count). The van der Waals surface area contributed by atoms with Gasteiger partial charge in [0.15, 0.2) is 6.04 Å². The first-order chi connectivity index (χ1) is 9.79. The predicted molar refractivity (Wildman–Crippen MR) is 86.3 cm³/mol. The fraction of sp³-hybridized carbons (Fsp3) is 0.333. The van der Waals surface area contributed by atoms with Gasteiger partial charge < -0.3 is 10.4 Å². The summed E-state index contributed by atoms with van der Waals surface area (Å²) in [5.74, 6) is -0.985. The van der Waals surface area contributed by atoms with E-state index in [1.54, 1.807) is 29.6 Å². The molecule has 2 aromatic rings. The van der Waals surface area contributed by atoms with Gasteiger partial charge in [0, 0.05) is 10.8 Å². The Hall–Kier alpha value is -1.59. The minimum Gasteiger partial charge on any atom is -0.479 e. The fourth-order valence-electron chi connectivity index (χ4n) is 1.76. The molecule has 1 heterocycles. The summed E-state index contributed by atoms with van der Waals surface area (Å²) in [6, 6.07) is 6.13. The molecule has 0 bridgehead atoms. The van der Waals surface area contributed by atoms with Crippen molar-refractivity contribution in [1.29, 1.82) is 0 Å². The maximum atomic E-state index is 11.5. The molecule has 0 aliphatic heterocycles. The number of rotatable bonds is 4. The number of hydrogen-bond acceptors (Lipinski definition) is 4. The van der Waals surface area contributed by atoms with Crippen molar-refractivity contribution < 1.29 is 9.90 Å². The third-order valence-corrected chi connectivity index (χ3v) is 4.50. The van der Waals surface area contributed by atoms with Crippen molar-refractivity contribution in [3.8, 4) is 0 Å². The molecule has 1 atom stereocenters. The van der Waals surface area contributed by atoms with Gasteiger partial charge in [0.05, 0.1) is 21.4 Å². The Labute approximate surface area is 132 Å². The van der Waals surface area contributed by atoms with E-state index in [4.69, 9.17) is 11.6 Å². The van der Waals surface area contributed by atoms with E-state index in [-0.39, 0.29) is 5.41 Å². The summed E-state index contributed by atoms with van der Waals surface area (Å²) in [5.41, 5.74) is 0.977. The van der Waals surface area contributed by atoms with Crippen LogP contribution in [0.25, 0.3) is 0 Å². The zero-order chi connectivity index (χ0) is 15.6. The minimum absolute atomic E-state index is 0.101. The van der Waals surface area contributed by atoms with Crippen LogP contribution in [0.3, 0.4) is 0 Å². The second kappa shape index (κ2) is 6.03. The van der Waals surface area contributed by atoms with E-state index >= 15 is 0 Å². The zero-order valence-electron chi connectivity index (χ0n) is 12.1. The number of thiazole rings is 1. The van der Waals surface area contributed by atoms with Crippen LogP contribution in [0.5, 0.6) is 0 Å². The lowest BCUT2D eigenvalue weighted by Crippen LogP contribution is -2.21. The Morgan fingerprint density at radius 1 is 1.38 bits per heavy atom. The van der Waals surface area contributed by atoms with Gasteiger partial charge in [-0.05, 0) is 12.1 Å². The SMILES string of the molecule is CC(C)(C)c1nc(C(Nc2ccccc2Cl)C(=O)O)cs1. The highest BCUT2D eigenvalue weighted by Crippen LogP contribution is 2.30. The number of aliphatic carboxylic acids is 1. The molecule has 21 heavy (non-hydrogen) atoms. The van der Waals surface area contributed by atoms with Crippen LogP contribution in [0.4, 0.5) is 5.69 Å². The Kier molecular flexibility index (Phi) is 4.54. The first kappa shape index (κ1) is 15.8. The van der Waals surface area contributed by atoms with Crippen LogP contribution in [0.15, 0.2) is 29.6 Å². The molecule has 0 radical (unpaired) electrons. The lowest BCUT2D eigenvalue weighted by atomic mass is 9.98. The number of aromatic nitrogens is 1. The number of halogens is 1. The molecule has 0 amide bonds. The van der Waals surface area contributed by atoms with Crippen molar-refractivity contribution in [2.75, 3.05) is 5.32 Å². The van der Waals surface area contributed by atoms with E-state index < -0.39 is 12.0 Å². The van der Waals surface area contributed by atoms with Gasteiger partial charge in [0.1, 0.15) is 0 Å². The zero-order valence-corrected chi connectivity index (χ0v) is 13.6. The Morgan fingerprint density at radius 3 is 2.57 bits per heavy atom. The van der Waals surface area contributed by atoms with Gasteiger partial charge in [-0.1, -0.05) is 44.5 Å². The number of anilines is 1. The smallest absolute Gasteiger partial charge is 0.332 e. The van der Waals surface area contributed by atoms with Gasteiger partial charge in [0.2, 0.25) is 0 Å². The van der Waals surface area contributed by atoms with Crippen LogP contribution in [0.1, 0.15) is 37.5 Å². The molecule has 0 spiro atoms. The number of nitrogens with one attached hydrogen (secondary N) is 1. The average molecular weight is 325 g/mol. The molecular formula is C15H17ClN2O2S. The molecule has 0 saturated heterocycles. The largest absolute Gasteiger partial charge is 0.479 e. The highest BCUT2D eigenvalue weighted by molar-refractivity contribution is 7.09. The molecule has 1 aromatic heterocycles. The number of carboxylic acids is 1. The summed E-state index contributed by atoms with van der Waals surface area (Å²) in [5, 5.41) is 15.6. The average Bonchev–Trinajstić information content (AvgIpc) is 2.86. The monoisotopic (exact) mass is 324 g/mol. The molecule has 0 saturated carbocycles. The third-order valence-electron chi connectivity index (χ3n) is 2.88. The molecule has 0 fully saturated rings. The molecule has 112 valence electrons. The van der Waals surface area contributed by atoms with Crippen molar-refractivity contribution in [2.24, 2.45) is 0 Å². The van der Waals surface area contributed by atoms with Gasteiger partial charge in [-0.3, -0.25) is 0 Å². The summed E-state index contributed by atoms with van der Waals surface area (Å²) in [6.07, 6.45) is 0. The van der Waals surface area contributed by atoms with Gasteiger partial charge in [0.25, 0.3) is 0 Å². The molecule has 1 aromatic carbocycles. The van der Waals surface area contributed by atoms with E-state index in [9.17, 15) is 9.90 Å². The van der Waals surface area contributed by atoms with E-state index in [1.807, 2.05) is 20.8 Å². The fourth-order valence-corrected chi connectivity index (χ4v) is 2.88. The maximum Gasteiger partial charge on any atom is 0.332 e. The van der Waals surface area contributed by atoms with Crippen LogP contribution in [-0.4, -0.2) is 16.1 Å². The lowest BCUT2D eigenvalue weighted by Gasteiger charge is -2.16. The normalized spacial score (nSPS) is 13.0. The van der Waals surface area contributed by atoms with Gasteiger partial charge >= 0.3 is 5.97 Å². The first-order valence-electron chi connectivity index (χ1n) is 6.49. The van der Waals surface area contributed by atoms with Crippen molar-refractivity contribution in [3.05, 3.63) is 45.4 Å². The van der Waals surface area contributed by atoms with Crippen molar-refractivity contribution >= 4 is 34.6 Å².